The van der Waals surface area contributed by atoms with E-state index in [-0.39, 0.29) is 0 Å². The van der Waals surface area contributed by atoms with Crippen molar-refractivity contribution in [3.05, 3.63) is 34.1 Å². The number of hydrogen-bond acceptors (Lipinski definition) is 1. The number of aldehydes is 1. The van der Waals surface area contributed by atoms with Crippen molar-refractivity contribution in [2.45, 2.75) is 13.8 Å². The van der Waals surface area contributed by atoms with E-state index in [1.165, 1.54) is 0 Å². The van der Waals surface area contributed by atoms with E-state index in [2.05, 4.69) is 4.98 Å². The van der Waals surface area contributed by atoms with Gasteiger partial charge in [-0.1, -0.05) is 17.7 Å². The fraction of sp³-hybridized carbons (Fsp3) is 0.182. The van der Waals surface area contributed by atoms with Crippen LogP contribution in [0.25, 0.3) is 12.2 Å². The standard InChI is InChI=1S/C11H12ClNO/c1-3-4-11-9(5-8(2)12)6-10(7-14)13-11/h3-7,13H,1-2H3/b4-3-,8-5+. The van der Waals surface area contributed by atoms with Crippen LogP contribution in [0.5, 0.6) is 0 Å². The number of aromatic amines is 1. The fourth-order valence-corrected chi connectivity index (χ4v) is 1.33. The summed E-state index contributed by atoms with van der Waals surface area (Å²) < 4.78 is 0. The van der Waals surface area contributed by atoms with Crippen molar-refractivity contribution >= 4 is 30.0 Å². The molecular weight excluding hydrogens is 198 g/mol. The van der Waals surface area contributed by atoms with Crippen LogP contribution >= 0.6 is 11.6 Å². The monoisotopic (exact) mass is 209 g/mol. The Labute approximate surface area is 88.3 Å². The molecule has 0 unspecified atom stereocenters. The average Bonchev–Trinajstić information content (AvgIpc) is 2.48. The Hall–Kier alpha value is -1.28. The van der Waals surface area contributed by atoms with Crippen LogP contribution in [-0.2, 0) is 0 Å². The molecular formula is C11H12ClNO. The van der Waals surface area contributed by atoms with Gasteiger partial charge in [0.1, 0.15) is 0 Å². The van der Waals surface area contributed by atoms with Crippen LogP contribution in [0, 0.1) is 0 Å². The zero-order valence-corrected chi connectivity index (χ0v) is 8.93. The van der Waals surface area contributed by atoms with Gasteiger partial charge in [-0.2, -0.15) is 0 Å². The lowest BCUT2D eigenvalue weighted by molar-refractivity contribution is 0.111. The predicted molar refractivity (Wildman–Crippen MR) is 60.4 cm³/mol. The largest absolute Gasteiger partial charge is 0.352 e. The number of nitrogens with one attached hydrogen (secondary N) is 1. The minimum Gasteiger partial charge on any atom is -0.352 e. The van der Waals surface area contributed by atoms with E-state index in [0.29, 0.717) is 10.7 Å². The van der Waals surface area contributed by atoms with Crippen LogP contribution in [0.3, 0.4) is 0 Å². The zero-order chi connectivity index (χ0) is 10.6. The first kappa shape index (κ1) is 10.8. The highest BCUT2D eigenvalue weighted by Gasteiger charge is 2.02. The molecule has 0 fully saturated rings. The van der Waals surface area contributed by atoms with E-state index >= 15 is 0 Å². The second kappa shape index (κ2) is 4.82. The number of allylic oxidation sites excluding steroid dienone is 2. The molecule has 0 amide bonds. The van der Waals surface area contributed by atoms with Gasteiger partial charge in [-0.25, -0.2) is 0 Å². The topological polar surface area (TPSA) is 32.9 Å². The Balaban J connectivity index is 3.18. The highest BCUT2D eigenvalue weighted by Crippen LogP contribution is 2.17. The van der Waals surface area contributed by atoms with E-state index in [1.807, 2.05) is 25.2 Å². The van der Waals surface area contributed by atoms with Gasteiger partial charge in [0, 0.05) is 16.3 Å². The molecule has 0 saturated carbocycles. The third kappa shape index (κ3) is 2.60. The van der Waals surface area contributed by atoms with Crippen molar-refractivity contribution in [3.63, 3.8) is 0 Å². The number of carbonyl (C=O) groups excluding carboxylic acids is 1. The lowest BCUT2D eigenvalue weighted by Gasteiger charge is -1.91. The highest BCUT2D eigenvalue weighted by atomic mass is 35.5. The molecule has 1 aromatic heterocycles. The number of rotatable bonds is 3. The Bertz CT molecular complexity index is 384. The Morgan fingerprint density at radius 2 is 2.29 bits per heavy atom. The zero-order valence-electron chi connectivity index (χ0n) is 8.17. The van der Waals surface area contributed by atoms with Crippen molar-refractivity contribution in [2.24, 2.45) is 0 Å². The van der Waals surface area contributed by atoms with Crippen LogP contribution in [0.1, 0.15) is 35.6 Å². The molecule has 1 N–H and O–H groups in total. The maximum absolute atomic E-state index is 10.6. The van der Waals surface area contributed by atoms with Crippen molar-refractivity contribution in [2.75, 3.05) is 0 Å². The summed E-state index contributed by atoms with van der Waals surface area (Å²) in [5.74, 6) is 0. The van der Waals surface area contributed by atoms with Gasteiger partial charge in [0.25, 0.3) is 0 Å². The number of halogens is 1. The summed E-state index contributed by atoms with van der Waals surface area (Å²) in [5.41, 5.74) is 2.38. The van der Waals surface area contributed by atoms with Gasteiger partial charge in [0.15, 0.2) is 6.29 Å². The molecule has 14 heavy (non-hydrogen) atoms. The minimum atomic E-state index is 0.558. The molecule has 1 rings (SSSR count). The first-order valence-corrected chi connectivity index (χ1v) is 4.70. The van der Waals surface area contributed by atoms with Crippen molar-refractivity contribution in [3.8, 4) is 0 Å². The second-order valence-electron chi connectivity index (χ2n) is 2.94. The molecule has 0 atom stereocenters. The summed E-state index contributed by atoms with van der Waals surface area (Å²) in [6.07, 6.45) is 6.41. The van der Waals surface area contributed by atoms with Crippen LogP contribution in [0.15, 0.2) is 17.2 Å². The molecule has 0 aliphatic rings. The lowest BCUT2D eigenvalue weighted by atomic mass is 10.2. The Morgan fingerprint density at radius 3 is 2.79 bits per heavy atom. The fourth-order valence-electron chi connectivity index (χ4n) is 1.21. The summed E-state index contributed by atoms with van der Waals surface area (Å²) in [6.45, 7) is 3.72. The van der Waals surface area contributed by atoms with Crippen LogP contribution in [0.4, 0.5) is 0 Å². The molecule has 0 bridgehead atoms. The summed E-state index contributed by atoms with van der Waals surface area (Å²) >= 11 is 5.77. The van der Waals surface area contributed by atoms with Crippen molar-refractivity contribution in [1.82, 2.24) is 4.98 Å². The minimum absolute atomic E-state index is 0.558. The van der Waals surface area contributed by atoms with Gasteiger partial charge in [-0.05, 0) is 32.1 Å². The van der Waals surface area contributed by atoms with E-state index in [1.54, 1.807) is 13.0 Å². The molecule has 0 aliphatic carbocycles. The number of carbonyl (C=O) groups is 1. The smallest absolute Gasteiger partial charge is 0.166 e. The van der Waals surface area contributed by atoms with Crippen LogP contribution in [-0.4, -0.2) is 11.3 Å². The second-order valence-corrected chi connectivity index (χ2v) is 3.54. The van der Waals surface area contributed by atoms with Gasteiger partial charge < -0.3 is 4.98 Å². The van der Waals surface area contributed by atoms with Crippen LogP contribution < -0.4 is 0 Å². The first-order chi connectivity index (χ1) is 6.67. The molecule has 0 spiro atoms. The summed E-state index contributed by atoms with van der Waals surface area (Å²) in [4.78, 5) is 13.5. The van der Waals surface area contributed by atoms with Gasteiger partial charge in [0.05, 0.1) is 5.69 Å². The molecule has 2 nitrogen and oxygen atoms in total. The SMILES string of the molecule is C/C=C\c1[nH]c(C=O)cc1/C=C(\C)Cl. The Kier molecular flexibility index (Phi) is 3.72. The number of H-pyrrole nitrogens is 1. The Morgan fingerprint density at radius 1 is 1.57 bits per heavy atom. The quantitative estimate of drug-likeness (QED) is 0.760. The number of aromatic nitrogens is 1. The molecule has 1 aromatic rings. The van der Waals surface area contributed by atoms with E-state index in [4.69, 9.17) is 11.6 Å². The maximum atomic E-state index is 10.6. The highest BCUT2D eigenvalue weighted by molar-refractivity contribution is 6.31. The predicted octanol–water partition coefficient (Wildman–Crippen LogP) is 3.46. The van der Waals surface area contributed by atoms with E-state index in [9.17, 15) is 4.79 Å². The number of hydrogen-bond donors (Lipinski definition) is 1. The van der Waals surface area contributed by atoms with Gasteiger partial charge in [0.2, 0.25) is 0 Å². The molecule has 3 heteroatoms. The van der Waals surface area contributed by atoms with Gasteiger partial charge >= 0.3 is 0 Å². The van der Waals surface area contributed by atoms with Crippen molar-refractivity contribution in [1.29, 1.82) is 0 Å². The molecule has 0 radical (unpaired) electrons. The molecule has 1 heterocycles. The van der Waals surface area contributed by atoms with Crippen molar-refractivity contribution < 1.29 is 4.79 Å². The third-order valence-corrected chi connectivity index (χ3v) is 1.82. The average molecular weight is 210 g/mol. The molecule has 0 saturated heterocycles. The summed E-state index contributed by atoms with van der Waals surface area (Å²) in [7, 11) is 0. The molecule has 0 aromatic carbocycles. The van der Waals surface area contributed by atoms with Crippen LogP contribution in [0.2, 0.25) is 0 Å². The normalized spacial score (nSPS) is 12.4. The van der Waals surface area contributed by atoms with Gasteiger partial charge in [-0.3, -0.25) is 4.79 Å². The molecule has 0 aliphatic heterocycles. The summed E-state index contributed by atoms with van der Waals surface area (Å²) in [6, 6.07) is 1.77. The molecule has 74 valence electrons. The van der Waals surface area contributed by atoms with Gasteiger partial charge in [-0.15, -0.1) is 0 Å². The first-order valence-electron chi connectivity index (χ1n) is 4.32. The third-order valence-electron chi connectivity index (χ3n) is 1.72. The lowest BCUT2D eigenvalue weighted by Crippen LogP contribution is -1.78. The summed E-state index contributed by atoms with van der Waals surface area (Å²) in [5, 5.41) is 0.687. The van der Waals surface area contributed by atoms with E-state index in [0.717, 1.165) is 17.5 Å². The van der Waals surface area contributed by atoms with E-state index < -0.39 is 0 Å². The maximum Gasteiger partial charge on any atom is 0.166 e.